The van der Waals surface area contributed by atoms with E-state index in [-0.39, 0.29) is 11.8 Å². The highest BCUT2D eigenvalue weighted by molar-refractivity contribution is 8.00. The van der Waals surface area contributed by atoms with Crippen molar-refractivity contribution in [1.82, 2.24) is 9.78 Å². The van der Waals surface area contributed by atoms with Crippen molar-refractivity contribution in [3.8, 4) is 0 Å². The molecule has 0 bridgehead atoms. The van der Waals surface area contributed by atoms with Crippen LogP contribution in [-0.2, 0) is 16.1 Å². The van der Waals surface area contributed by atoms with Gasteiger partial charge in [0.25, 0.3) is 0 Å². The average molecular weight is 439 g/mol. The molecule has 0 radical (unpaired) electrons. The van der Waals surface area contributed by atoms with Crippen LogP contribution in [-0.4, -0.2) is 27.3 Å². The smallest absolute Gasteiger partial charge is 0.248 e. The van der Waals surface area contributed by atoms with Gasteiger partial charge in [0, 0.05) is 22.2 Å². The van der Waals surface area contributed by atoms with Crippen molar-refractivity contribution in [2.24, 2.45) is 0 Å². The maximum absolute atomic E-state index is 12.4. The first-order valence-corrected chi connectivity index (χ1v) is 10.7. The molecule has 2 heterocycles. The van der Waals surface area contributed by atoms with Crippen LogP contribution < -0.4 is 10.6 Å². The van der Waals surface area contributed by atoms with Crippen molar-refractivity contribution >= 4 is 52.6 Å². The molecule has 6 nitrogen and oxygen atoms in total. The van der Waals surface area contributed by atoms with Gasteiger partial charge in [0.2, 0.25) is 11.8 Å². The van der Waals surface area contributed by atoms with Gasteiger partial charge in [0.1, 0.15) is 5.15 Å². The monoisotopic (exact) mass is 438 g/mol. The highest BCUT2D eigenvalue weighted by Crippen LogP contribution is 2.33. The Bertz CT molecular complexity index is 1140. The Kier molecular flexibility index (Phi) is 5.92. The minimum atomic E-state index is -0.295. The molecule has 0 atom stereocenters. The zero-order valence-electron chi connectivity index (χ0n) is 16.2. The summed E-state index contributed by atoms with van der Waals surface area (Å²) in [4.78, 5) is 24.9. The first-order chi connectivity index (χ1) is 14.5. The predicted molar refractivity (Wildman–Crippen MR) is 121 cm³/mol. The van der Waals surface area contributed by atoms with E-state index >= 15 is 0 Å². The molecule has 0 saturated carbocycles. The molecule has 152 valence electrons. The van der Waals surface area contributed by atoms with Crippen LogP contribution in [0.5, 0.6) is 0 Å². The lowest BCUT2D eigenvalue weighted by molar-refractivity contribution is -0.114. The Balaban J connectivity index is 1.45. The van der Waals surface area contributed by atoms with Crippen molar-refractivity contribution in [1.29, 1.82) is 0 Å². The number of rotatable bonds is 5. The van der Waals surface area contributed by atoms with Crippen molar-refractivity contribution in [2.45, 2.75) is 18.4 Å². The molecule has 1 aliphatic rings. The summed E-state index contributed by atoms with van der Waals surface area (Å²) in [6, 6.07) is 15.4. The van der Waals surface area contributed by atoms with Crippen LogP contribution in [0.15, 0.2) is 59.5 Å². The third kappa shape index (κ3) is 4.58. The normalized spacial score (nSPS) is 13.2. The summed E-state index contributed by atoms with van der Waals surface area (Å²) < 4.78 is 1.72. The Labute approximate surface area is 183 Å². The molecule has 0 unspecified atom stereocenters. The highest BCUT2D eigenvalue weighted by Gasteiger charge is 2.16. The molecule has 2 amide bonds. The number of nitrogens with zero attached hydrogens (tertiary/aromatic N) is 2. The molecule has 2 aromatic carbocycles. The number of carbonyl (C=O) groups is 2. The number of halogens is 1. The second-order valence-electron chi connectivity index (χ2n) is 6.80. The molecule has 1 aromatic heterocycles. The van der Waals surface area contributed by atoms with Gasteiger partial charge in [-0.05, 0) is 36.8 Å². The van der Waals surface area contributed by atoms with Gasteiger partial charge in [-0.25, -0.2) is 4.68 Å². The molecule has 8 heteroatoms. The zero-order valence-corrected chi connectivity index (χ0v) is 17.8. The van der Waals surface area contributed by atoms with Crippen LogP contribution in [0.4, 0.5) is 11.4 Å². The summed E-state index contributed by atoms with van der Waals surface area (Å²) in [5, 5.41) is 10.6. The Morgan fingerprint density at radius 2 is 2.10 bits per heavy atom. The van der Waals surface area contributed by atoms with Gasteiger partial charge in [-0.15, -0.1) is 11.8 Å². The van der Waals surface area contributed by atoms with Crippen LogP contribution >= 0.6 is 23.4 Å². The van der Waals surface area contributed by atoms with E-state index in [1.54, 1.807) is 16.8 Å². The van der Waals surface area contributed by atoms with Crippen molar-refractivity contribution in [3.63, 3.8) is 0 Å². The fourth-order valence-electron chi connectivity index (χ4n) is 3.12. The molecule has 2 N–H and O–H groups in total. The average Bonchev–Trinajstić information content (AvgIpc) is 2.99. The first-order valence-electron chi connectivity index (χ1n) is 9.32. The van der Waals surface area contributed by atoms with Gasteiger partial charge >= 0.3 is 0 Å². The summed E-state index contributed by atoms with van der Waals surface area (Å²) in [7, 11) is 0. The number of anilines is 2. The molecule has 0 spiro atoms. The topological polar surface area (TPSA) is 76.0 Å². The van der Waals surface area contributed by atoms with E-state index in [0.717, 1.165) is 16.2 Å². The molecular formula is C22H19ClN4O2S. The van der Waals surface area contributed by atoms with Crippen molar-refractivity contribution < 1.29 is 9.59 Å². The van der Waals surface area contributed by atoms with Crippen molar-refractivity contribution in [3.05, 3.63) is 76.6 Å². The molecule has 1 aliphatic heterocycles. The third-order valence-corrected chi connectivity index (χ3v) is 6.04. The number of fused-ring (bicyclic) bond motifs is 1. The second-order valence-corrected chi connectivity index (χ2v) is 8.18. The van der Waals surface area contributed by atoms with Crippen LogP contribution in [0.1, 0.15) is 16.8 Å². The number of benzene rings is 2. The van der Waals surface area contributed by atoms with Gasteiger partial charge in [-0.3, -0.25) is 9.59 Å². The number of hydrogen-bond acceptors (Lipinski definition) is 4. The quantitative estimate of drug-likeness (QED) is 0.571. The maximum atomic E-state index is 12.4. The van der Waals surface area contributed by atoms with Gasteiger partial charge in [-0.2, -0.15) is 5.10 Å². The number of carbonyl (C=O) groups excluding carboxylic acids is 2. The number of aromatic nitrogens is 2. The third-order valence-electron chi connectivity index (χ3n) is 4.57. The van der Waals surface area contributed by atoms with E-state index in [1.165, 1.54) is 17.8 Å². The lowest BCUT2D eigenvalue weighted by Gasteiger charge is -2.17. The van der Waals surface area contributed by atoms with E-state index in [2.05, 4.69) is 15.7 Å². The first kappa shape index (κ1) is 20.3. The van der Waals surface area contributed by atoms with E-state index in [1.807, 2.05) is 49.4 Å². The highest BCUT2D eigenvalue weighted by atomic mass is 35.5. The van der Waals surface area contributed by atoms with Crippen LogP contribution in [0.2, 0.25) is 5.15 Å². The number of hydrogen-bond donors (Lipinski definition) is 2. The lowest BCUT2D eigenvalue weighted by Crippen LogP contribution is -2.19. The van der Waals surface area contributed by atoms with E-state index in [9.17, 15) is 9.59 Å². The predicted octanol–water partition coefficient (Wildman–Crippen LogP) is 4.59. The summed E-state index contributed by atoms with van der Waals surface area (Å²) >= 11 is 7.97. The minimum absolute atomic E-state index is 0.0477. The van der Waals surface area contributed by atoms with Gasteiger partial charge < -0.3 is 10.6 Å². The van der Waals surface area contributed by atoms with E-state index in [0.29, 0.717) is 34.4 Å². The second kappa shape index (κ2) is 8.77. The standard InChI is InChI=1S/C22H19ClN4O2S/c1-14-17(22(23)27(26-14)12-15-5-3-2-4-6-15)8-10-20(28)24-16-7-9-19-18(11-16)25-21(29)13-30-19/h2-11H,12-13H2,1H3,(H,24,28)(H,25,29). The summed E-state index contributed by atoms with van der Waals surface area (Å²) in [6.45, 7) is 2.41. The number of thioether (sulfide) groups is 1. The molecule has 0 fully saturated rings. The van der Waals surface area contributed by atoms with Crippen molar-refractivity contribution in [2.75, 3.05) is 16.4 Å². The van der Waals surface area contributed by atoms with Gasteiger partial charge in [0.15, 0.2) is 0 Å². The van der Waals surface area contributed by atoms with Gasteiger partial charge in [-0.1, -0.05) is 41.9 Å². The summed E-state index contributed by atoms with van der Waals surface area (Å²) in [5.41, 5.74) is 3.85. The Morgan fingerprint density at radius 1 is 1.30 bits per heavy atom. The fraction of sp³-hybridized carbons (Fsp3) is 0.136. The number of nitrogens with one attached hydrogen (secondary N) is 2. The van der Waals surface area contributed by atoms with E-state index in [4.69, 9.17) is 11.6 Å². The van der Waals surface area contributed by atoms with Crippen LogP contribution in [0.3, 0.4) is 0 Å². The molecule has 30 heavy (non-hydrogen) atoms. The van der Waals surface area contributed by atoms with E-state index < -0.39 is 0 Å². The summed E-state index contributed by atoms with van der Waals surface area (Å²) in [6.07, 6.45) is 3.09. The maximum Gasteiger partial charge on any atom is 0.248 e. The fourth-order valence-corrected chi connectivity index (χ4v) is 4.21. The van der Waals surface area contributed by atoms with Gasteiger partial charge in [0.05, 0.1) is 23.7 Å². The molecule has 0 saturated heterocycles. The van der Waals surface area contributed by atoms with Crippen LogP contribution in [0.25, 0.3) is 6.08 Å². The summed E-state index contributed by atoms with van der Waals surface area (Å²) in [5.74, 6) is 0.0593. The Morgan fingerprint density at radius 3 is 2.90 bits per heavy atom. The molecule has 3 aromatic rings. The molecule has 0 aliphatic carbocycles. The molecular weight excluding hydrogens is 420 g/mol. The Hall–Kier alpha value is -3.03. The lowest BCUT2D eigenvalue weighted by atomic mass is 10.2. The minimum Gasteiger partial charge on any atom is -0.324 e. The zero-order chi connectivity index (χ0) is 21.1. The number of amides is 2. The molecule has 4 rings (SSSR count). The SMILES string of the molecule is Cc1nn(Cc2ccccc2)c(Cl)c1C=CC(=O)Nc1ccc2c(c1)NC(=O)CS2. The van der Waals surface area contributed by atoms with Crippen LogP contribution in [0, 0.1) is 6.92 Å². The number of aryl methyl sites for hydroxylation is 1. The largest absolute Gasteiger partial charge is 0.324 e.